The molecular weight excluding hydrogens is 164 g/mol. The molecule has 0 heterocycles. The lowest BCUT2D eigenvalue weighted by atomic mass is 10.3. The van der Waals surface area contributed by atoms with Gasteiger partial charge in [-0.2, -0.15) is 0 Å². The van der Waals surface area contributed by atoms with E-state index < -0.39 is 0 Å². The zero-order valence-corrected chi connectivity index (χ0v) is 6.75. The molecular formula is C8H11ClO2. The molecule has 0 aliphatic rings. The van der Waals surface area contributed by atoms with Gasteiger partial charge in [0.2, 0.25) is 0 Å². The second-order valence-electron chi connectivity index (χ2n) is 1.49. The van der Waals surface area contributed by atoms with Crippen LogP contribution in [-0.2, 0) is 0 Å². The zero-order chi connectivity index (χ0) is 7.82. The van der Waals surface area contributed by atoms with Crippen LogP contribution in [0, 0.1) is 0 Å². The van der Waals surface area contributed by atoms with E-state index in [2.05, 4.69) is 6.58 Å². The first kappa shape index (κ1) is 12.7. The number of hydrogen-bond donors (Lipinski definition) is 1. The average molecular weight is 175 g/mol. The minimum absolute atomic E-state index is 0. The van der Waals surface area contributed by atoms with Crippen molar-refractivity contribution < 1.29 is 10.6 Å². The van der Waals surface area contributed by atoms with Crippen LogP contribution in [0.1, 0.15) is 0 Å². The first-order valence-corrected chi connectivity index (χ1v) is 3.20. The molecule has 0 radical (unpaired) electrons. The third kappa shape index (κ3) is 9.01. The first-order valence-electron chi connectivity index (χ1n) is 2.76. The van der Waals surface area contributed by atoms with Crippen molar-refractivity contribution in [3.8, 4) is 5.75 Å². The summed E-state index contributed by atoms with van der Waals surface area (Å²) in [5.41, 5.74) is 1.22. The van der Waals surface area contributed by atoms with Crippen molar-refractivity contribution in [2.45, 2.75) is 0 Å². The molecule has 3 heteroatoms. The van der Waals surface area contributed by atoms with Crippen molar-refractivity contribution in [1.29, 1.82) is 0 Å². The number of aromatic hydroxyl groups is 1. The smallest absolute Gasteiger partial charge is 0.115 e. The molecule has 0 unspecified atom stereocenters. The molecule has 0 saturated carbocycles. The first-order chi connectivity index (χ1) is 4.81. The molecule has 0 saturated heterocycles. The summed E-state index contributed by atoms with van der Waals surface area (Å²) in [6, 6.07) is 8.71. The maximum atomic E-state index is 8.63. The highest BCUT2D eigenvalue weighted by Crippen LogP contribution is 2.02. The predicted molar refractivity (Wildman–Crippen MR) is 47.8 cm³/mol. The van der Waals surface area contributed by atoms with Crippen molar-refractivity contribution in [3.05, 3.63) is 42.4 Å². The molecule has 0 bridgehead atoms. The Labute approximate surface area is 71.1 Å². The SMILES string of the molecule is C=CCl.O.Oc1ccccc1. The van der Waals surface area contributed by atoms with Crippen LogP contribution in [0.3, 0.4) is 0 Å². The van der Waals surface area contributed by atoms with Crippen molar-refractivity contribution >= 4 is 11.6 Å². The van der Waals surface area contributed by atoms with Crippen molar-refractivity contribution in [1.82, 2.24) is 0 Å². The Hall–Kier alpha value is -0.990. The van der Waals surface area contributed by atoms with E-state index in [0.29, 0.717) is 5.75 Å². The fourth-order valence-electron chi connectivity index (χ4n) is 0.428. The van der Waals surface area contributed by atoms with Crippen LogP contribution in [0.15, 0.2) is 42.4 Å². The minimum atomic E-state index is 0. The van der Waals surface area contributed by atoms with Gasteiger partial charge in [-0.3, -0.25) is 0 Å². The van der Waals surface area contributed by atoms with Crippen LogP contribution in [-0.4, -0.2) is 10.6 Å². The fourth-order valence-corrected chi connectivity index (χ4v) is 0.428. The van der Waals surface area contributed by atoms with Crippen molar-refractivity contribution in [3.63, 3.8) is 0 Å². The van der Waals surface area contributed by atoms with Gasteiger partial charge in [-0.25, -0.2) is 0 Å². The summed E-state index contributed by atoms with van der Waals surface area (Å²) in [6.07, 6.45) is 0. The van der Waals surface area contributed by atoms with Gasteiger partial charge in [0.05, 0.1) is 0 Å². The third-order valence-electron chi connectivity index (χ3n) is 0.756. The molecule has 1 rings (SSSR count). The third-order valence-corrected chi connectivity index (χ3v) is 0.756. The van der Waals surface area contributed by atoms with Gasteiger partial charge in [0, 0.05) is 0 Å². The van der Waals surface area contributed by atoms with Crippen molar-refractivity contribution in [2.24, 2.45) is 0 Å². The summed E-state index contributed by atoms with van der Waals surface area (Å²) >= 11 is 4.76. The number of benzene rings is 1. The number of phenols is 1. The van der Waals surface area contributed by atoms with Crippen LogP contribution in [0.25, 0.3) is 0 Å². The van der Waals surface area contributed by atoms with E-state index in [9.17, 15) is 0 Å². The van der Waals surface area contributed by atoms with E-state index in [1.165, 1.54) is 5.54 Å². The maximum Gasteiger partial charge on any atom is 0.115 e. The highest BCUT2D eigenvalue weighted by atomic mass is 35.5. The van der Waals surface area contributed by atoms with Gasteiger partial charge in [-0.15, -0.1) is 0 Å². The fraction of sp³-hybridized carbons (Fsp3) is 0. The Kier molecular flexibility index (Phi) is 10.4. The molecule has 62 valence electrons. The summed E-state index contributed by atoms with van der Waals surface area (Å²) in [7, 11) is 0. The molecule has 0 aliphatic heterocycles. The molecule has 2 nitrogen and oxygen atoms in total. The Morgan fingerprint density at radius 3 is 1.82 bits per heavy atom. The topological polar surface area (TPSA) is 51.7 Å². The predicted octanol–water partition coefficient (Wildman–Crippen LogP) is 1.94. The highest BCUT2D eigenvalue weighted by molar-refractivity contribution is 6.25. The highest BCUT2D eigenvalue weighted by Gasteiger charge is 1.74. The monoisotopic (exact) mass is 174 g/mol. The number of para-hydroxylation sites is 1. The largest absolute Gasteiger partial charge is 0.508 e. The van der Waals surface area contributed by atoms with E-state index in [1.54, 1.807) is 24.3 Å². The van der Waals surface area contributed by atoms with Gasteiger partial charge in [-0.1, -0.05) is 36.4 Å². The molecule has 0 spiro atoms. The van der Waals surface area contributed by atoms with Crippen LogP contribution in [0.4, 0.5) is 0 Å². The summed E-state index contributed by atoms with van der Waals surface area (Å²) < 4.78 is 0. The molecule has 0 amide bonds. The molecule has 0 atom stereocenters. The summed E-state index contributed by atoms with van der Waals surface area (Å²) in [4.78, 5) is 0. The maximum absolute atomic E-state index is 8.63. The Balaban J connectivity index is 0. The van der Waals surface area contributed by atoms with E-state index in [1.807, 2.05) is 6.07 Å². The van der Waals surface area contributed by atoms with E-state index in [-0.39, 0.29) is 5.48 Å². The van der Waals surface area contributed by atoms with Crippen LogP contribution >= 0.6 is 11.6 Å². The van der Waals surface area contributed by atoms with Crippen LogP contribution in [0.5, 0.6) is 5.75 Å². The summed E-state index contributed by atoms with van der Waals surface area (Å²) in [6.45, 7) is 3.13. The van der Waals surface area contributed by atoms with Crippen LogP contribution in [0.2, 0.25) is 0 Å². The Morgan fingerprint density at radius 1 is 1.27 bits per heavy atom. The van der Waals surface area contributed by atoms with Gasteiger partial charge < -0.3 is 10.6 Å². The lowest BCUT2D eigenvalue weighted by Crippen LogP contribution is -1.56. The second-order valence-corrected chi connectivity index (χ2v) is 1.80. The van der Waals surface area contributed by atoms with E-state index in [4.69, 9.17) is 16.7 Å². The van der Waals surface area contributed by atoms with E-state index in [0.717, 1.165) is 0 Å². The lowest BCUT2D eigenvalue weighted by Gasteiger charge is -1.82. The number of halogens is 1. The van der Waals surface area contributed by atoms with Crippen LogP contribution < -0.4 is 0 Å². The second kappa shape index (κ2) is 9.01. The molecule has 3 N–H and O–H groups in total. The van der Waals surface area contributed by atoms with Gasteiger partial charge >= 0.3 is 0 Å². The van der Waals surface area contributed by atoms with Gasteiger partial charge in [-0.05, 0) is 17.7 Å². The Morgan fingerprint density at radius 2 is 1.64 bits per heavy atom. The summed E-state index contributed by atoms with van der Waals surface area (Å²) in [5, 5.41) is 8.63. The number of rotatable bonds is 0. The summed E-state index contributed by atoms with van der Waals surface area (Å²) in [5.74, 6) is 0.322. The molecule has 0 fully saturated rings. The van der Waals surface area contributed by atoms with Gasteiger partial charge in [0.25, 0.3) is 0 Å². The quantitative estimate of drug-likeness (QED) is 0.642. The average Bonchev–Trinajstić information content (AvgIpc) is 1.91. The van der Waals surface area contributed by atoms with Gasteiger partial charge in [0.1, 0.15) is 5.75 Å². The number of phenolic OH excluding ortho intramolecular Hbond substituents is 1. The standard InChI is InChI=1S/C6H6O.C2H3Cl.H2O/c7-6-4-2-1-3-5-6;1-2-3;/h1-5,7H;2H,1H2;1H2. The molecule has 1 aromatic rings. The van der Waals surface area contributed by atoms with Crippen molar-refractivity contribution in [2.75, 3.05) is 0 Å². The molecule has 11 heavy (non-hydrogen) atoms. The normalized spacial score (nSPS) is 6.64. The molecule has 0 aromatic heterocycles. The van der Waals surface area contributed by atoms with Gasteiger partial charge in [0.15, 0.2) is 0 Å². The zero-order valence-electron chi connectivity index (χ0n) is 6.00. The minimum Gasteiger partial charge on any atom is -0.508 e. The Bertz CT molecular complexity index is 175. The lowest BCUT2D eigenvalue weighted by molar-refractivity contribution is 0.475. The van der Waals surface area contributed by atoms with E-state index >= 15 is 0 Å². The molecule has 1 aromatic carbocycles. The number of hydrogen-bond acceptors (Lipinski definition) is 1. The molecule has 0 aliphatic carbocycles.